The number of nitrogens with zero attached hydrogens (tertiary/aromatic N) is 1. The summed E-state index contributed by atoms with van der Waals surface area (Å²) in [7, 11) is 4.40. The second-order valence-corrected chi connectivity index (χ2v) is 5.85. The molecule has 0 amide bonds. The number of hydrazine groups is 1. The molecule has 0 radical (unpaired) electrons. The molecule has 3 nitrogen and oxygen atoms in total. The Morgan fingerprint density at radius 1 is 1.28 bits per heavy atom. The Morgan fingerprint density at radius 2 is 1.94 bits per heavy atom. The number of unbranched alkanes of at least 4 members (excludes halogenated alkanes) is 3. The van der Waals surface area contributed by atoms with Crippen molar-refractivity contribution in [3.8, 4) is 0 Å². The lowest BCUT2D eigenvalue weighted by Gasteiger charge is -2.43. The van der Waals surface area contributed by atoms with Crippen molar-refractivity contribution >= 4 is 0 Å². The standard InChI is InChI=1S/C15H31N3/c1-4-5-6-7-8-11-14(17-16)15(18(2)3)12-9-10-13-15/h4,14,17H,1,5-13,16H2,2-3H3. The van der Waals surface area contributed by atoms with Gasteiger partial charge in [-0.3, -0.25) is 11.3 Å². The highest BCUT2D eigenvalue weighted by Gasteiger charge is 2.42. The van der Waals surface area contributed by atoms with Gasteiger partial charge in [-0.1, -0.05) is 31.8 Å². The fraction of sp³-hybridized carbons (Fsp3) is 0.867. The van der Waals surface area contributed by atoms with Crippen molar-refractivity contribution in [2.24, 2.45) is 5.84 Å². The van der Waals surface area contributed by atoms with Crippen LogP contribution in [0.2, 0.25) is 0 Å². The molecule has 1 aliphatic carbocycles. The van der Waals surface area contributed by atoms with Gasteiger partial charge in [-0.25, -0.2) is 0 Å². The van der Waals surface area contributed by atoms with Crippen LogP contribution in [0.1, 0.15) is 57.8 Å². The first-order valence-electron chi connectivity index (χ1n) is 7.42. The number of nitrogens with one attached hydrogen (secondary N) is 1. The van der Waals surface area contributed by atoms with Gasteiger partial charge in [0.25, 0.3) is 0 Å². The van der Waals surface area contributed by atoms with Gasteiger partial charge >= 0.3 is 0 Å². The minimum absolute atomic E-state index is 0.285. The van der Waals surface area contributed by atoms with Gasteiger partial charge in [0.15, 0.2) is 0 Å². The lowest BCUT2D eigenvalue weighted by molar-refractivity contribution is 0.0985. The highest BCUT2D eigenvalue weighted by molar-refractivity contribution is 5.01. The zero-order chi connectivity index (χ0) is 13.4. The van der Waals surface area contributed by atoms with E-state index in [0.717, 1.165) is 6.42 Å². The third-order valence-corrected chi connectivity index (χ3v) is 4.61. The number of hydrogen-bond donors (Lipinski definition) is 2. The van der Waals surface area contributed by atoms with Crippen molar-refractivity contribution in [3.63, 3.8) is 0 Å². The van der Waals surface area contributed by atoms with Gasteiger partial charge in [-0.15, -0.1) is 6.58 Å². The van der Waals surface area contributed by atoms with E-state index >= 15 is 0 Å². The van der Waals surface area contributed by atoms with E-state index in [0.29, 0.717) is 6.04 Å². The molecule has 0 saturated heterocycles. The lowest BCUT2D eigenvalue weighted by Crippen LogP contribution is -2.59. The summed E-state index contributed by atoms with van der Waals surface area (Å²) in [5.41, 5.74) is 3.38. The molecule has 1 aliphatic rings. The van der Waals surface area contributed by atoms with E-state index < -0.39 is 0 Å². The van der Waals surface area contributed by atoms with Crippen LogP contribution in [0.3, 0.4) is 0 Å². The normalized spacial score (nSPS) is 20.2. The molecule has 1 saturated carbocycles. The van der Waals surface area contributed by atoms with Crippen molar-refractivity contribution in [2.45, 2.75) is 69.4 Å². The first-order valence-corrected chi connectivity index (χ1v) is 7.42. The van der Waals surface area contributed by atoms with Crippen molar-refractivity contribution < 1.29 is 0 Å². The maximum absolute atomic E-state index is 5.82. The van der Waals surface area contributed by atoms with Gasteiger partial charge in [0.05, 0.1) is 0 Å². The molecule has 3 N–H and O–H groups in total. The van der Waals surface area contributed by atoms with Gasteiger partial charge < -0.3 is 4.90 Å². The van der Waals surface area contributed by atoms with Crippen molar-refractivity contribution in [1.82, 2.24) is 10.3 Å². The molecule has 0 aromatic rings. The minimum Gasteiger partial charge on any atom is -0.302 e. The molecule has 0 aromatic carbocycles. The molecule has 0 aromatic heterocycles. The summed E-state index contributed by atoms with van der Waals surface area (Å²) in [6.45, 7) is 3.77. The Balaban J connectivity index is 2.45. The van der Waals surface area contributed by atoms with Gasteiger partial charge in [-0.05, 0) is 46.2 Å². The van der Waals surface area contributed by atoms with E-state index in [1.54, 1.807) is 0 Å². The predicted octanol–water partition coefficient (Wildman–Crippen LogP) is 2.83. The largest absolute Gasteiger partial charge is 0.302 e. The maximum Gasteiger partial charge on any atom is 0.0394 e. The molecular weight excluding hydrogens is 222 g/mol. The topological polar surface area (TPSA) is 41.3 Å². The fourth-order valence-electron chi connectivity index (χ4n) is 3.42. The smallest absolute Gasteiger partial charge is 0.0394 e. The molecule has 0 aliphatic heterocycles. The van der Waals surface area contributed by atoms with Crippen molar-refractivity contribution in [1.29, 1.82) is 0 Å². The monoisotopic (exact) mass is 253 g/mol. The van der Waals surface area contributed by atoms with Crippen LogP contribution in [0.15, 0.2) is 12.7 Å². The van der Waals surface area contributed by atoms with Crippen LogP contribution in [0.25, 0.3) is 0 Å². The van der Waals surface area contributed by atoms with Gasteiger partial charge in [0, 0.05) is 11.6 Å². The van der Waals surface area contributed by atoms with Crippen molar-refractivity contribution in [2.75, 3.05) is 14.1 Å². The highest BCUT2D eigenvalue weighted by atomic mass is 15.3. The highest BCUT2D eigenvalue weighted by Crippen LogP contribution is 2.38. The van der Waals surface area contributed by atoms with E-state index in [1.165, 1.54) is 51.4 Å². The summed E-state index contributed by atoms with van der Waals surface area (Å²) in [6.07, 6.45) is 13.4. The minimum atomic E-state index is 0.285. The van der Waals surface area contributed by atoms with Crippen LogP contribution in [0.5, 0.6) is 0 Å². The summed E-state index contributed by atoms with van der Waals surface area (Å²) in [5.74, 6) is 5.82. The molecule has 3 heteroatoms. The average Bonchev–Trinajstić information content (AvgIpc) is 2.84. The third kappa shape index (κ3) is 3.81. The first-order chi connectivity index (χ1) is 8.67. The van der Waals surface area contributed by atoms with E-state index in [-0.39, 0.29) is 5.54 Å². The Bertz CT molecular complexity index is 232. The number of nitrogens with two attached hydrogens (primary N) is 1. The molecule has 0 heterocycles. The lowest BCUT2D eigenvalue weighted by atomic mass is 9.84. The third-order valence-electron chi connectivity index (χ3n) is 4.61. The Labute approximate surface area is 113 Å². The first kappa shape index (κ1) is 15.7. The molecule has 18 heavy (non-hydrogen) atoms. The Morgan fingerprint density at radius 3 is 2.44 bits per heavy atom. The van der Waals surface area contributed by atoms with E-state index in [4.69, 9.17) is 5.84 Å². The number of rotatable bonds is 9. The molecular formula is C15H31N3. The predicted molar refractivity (Wildman–Crippen MR) is 79.3 cm³/mol. The van der Waals surface area contributed by atoms with Gasteiger partial charge in [0.1, 0.15) is 0 Å². The quantitative estimate of drug-likeness (QED) is 0.287. The van der Waals surface area contributed by atoms with E-state index in [1.807, 2.05) is 6.08 Å². The summed E-state index contributed by atoms with van der Waals surface area (Å²) < 4.78 is 0. The molecule has 1 atom stereocenters. The molecule has 106 valence electrons. The molecule has 1 fully saturated rings. The van der Waals surface area contributed by atoms with Gasteiger partial charge in [-0.2, -0.15) is 0 Å². The molecule has 1 unspecified atom stereocenters. The van der Waals surface area contributed by atoms with Crippen LogP contribution in [0.4, 0.5) is 0 Å². The number of hydrogen-bond acceptors (Lipinski definition) is 3. The van der Waals surface area contributed by atoms with Crippen LogP contribution < -0.4 is 11.3 Å². The second kappa shape index (κ2) is 7.93. The fourth-order valence-corrected chi connectivity index (χ4v) is 3.42. The second-order valence-electron chi connectivity index (χ2n) is 5.85. The maximum atomic E-state index is 5.82. The van der Waals surface area contributed by atoms with Crippen LogP contribution in [0, 0.1) is 0 Å². The van der Waals surface area contributed by atoms with Crippen LogP contribution in [-0.4, -0.2) is 30.6 Å². The van der Waals surface area contributed by atoms with E-state index in [9.17, 15) is 0 Å². The Kier molecular flexibility index (Phi) is 6.90. The number of likely N-dealkylation sites (N-methyl/N-ethyl adjacent to an activating group) is 1. The summed E-state index contributed by atoms with van der Waals surface area (Å²) >= 11 is 0. The van der Waals surface area contributed by atoms with Gasteiger partial charge in [0.2, 0.25) is 0 Å². The summed E-state index contributed by atoms with van der Waals surface area (Å²) in [5, 5.41) is 0. The summed E-state index contributed by atoms with van der Waals surface area (Å²) in [4.78, 5) is 2.40. The molecule has 1 rings (SSSR count). The van der Waals surface area contributed by atoms with E-state index in [2.05, 4.69) is 31.0 Å². The zero-order valence-corrected chi connectivity index (χ0v) is 12.3. The average molecular weight is 253 g/mol. The zero-order valence-electron chi connectivity index (χ0n) is 12.3. The summed E-state index contributed by atoms with van der Waals surface area (Å²) in [6, 6.07) is 0.429. The molecule has 0 spiro atoms. The molecule has 0 bridgehead atoms. The SMILES string of the molecule is C=CCCCCCC(NN)C1(N(C)C)CCCC1. The number of allylic oxidation sites excluding steroid dienone is 1. The van der Waals surface area contributed by atoms with Crippen molar-refractivity contribution in [3.05, 3.63) is 12.7 Å². The Hall–Kier alpha value is -0.380. The van der Waals surface area contributed by atoms with Crippen LogP contribution in [-0.2, 0) is 0 Å². The van der Waals surface area contributed by atoms with Crippen LogP contribution >= 0.6 is 0 Å².